The Morgan fingerprint density at radius 1 is 0.652 bits per heavy atom. The van der Waals surface area contributed by atoms with Crippen LogP contribution in [0.25, 0.3) is 12.2 Å². The number of allylic oxidation sites excluding steroid dienone is 12. The number of hydrogen-bond acceptors (Lipinski definition) is 18. The fourth-order valence-corrected chi connectivity index (χ4v) is 8.86. The Kier molecular flexibility index (Phi) is 12.2. The molecular formula is C41H34N9O13S3+. The van der Waals surface area contributed by atoms with Gasteiger partial charge in [-0.15, -0.1) is 25.6 Å². The molecule has 3 aromatic rings. The maximum absolute atomic E-state index is 14.0. The van der Waals surface area contributed by atoms with Crippen molar-refractivity contribution in [3.05, 3.63) is 134 Å². The highest BCUT2D eigenvalue weighted by atomic mass is 32.3. The second-order valence-electron chi connectivity index (χ2n) is 14.6. The third kappa shape index (κ3) is 9.13. The minimum atomic E-state index is -5.17. The smallest absolute Gasteiger partial charge is 0.388 e. The largest absolute Gasteiger partial charge is 0.398 e. The van der Waals surface area contributed by atoms with Gasteiger partial charge < -0.3 is 11.5 Å². The predicted molar refractivity (Wildman–Crippen MR) is 244 cm³/mol. The lowest BCUT2D eigenvalue weighted by Crippen LogP contribution is -2.29. The quantitative estimate of drug-likeness (QED) is 0.0394. The summed E-state index contributed by atoms with van der Waals surface area (Å²) in [6.45, 7) is 4.97. The van der Waals surface area contributed by atoms with E-state index in [4.69, 9.17) is 11.5 Å². The van der Waals surface area contributed by atoms with Gasteiger partial charge in [0.25, 0.3) is 25.1 Å². The van der Waals surface area contributed by atoms with Crippen LogP contribution in [0.2, 0.25) is 0 Å². The molecule has 66 heavy (non-hydrogen) atoms. The molecule has 0 saturated heterocycles. The van der Waals surface area contributed by atoms with Gasteiger partial charge in [-0.05, 0) is 119 Å². The monoisotopic (exact) mass is 956 g/mol. The van der Waals surface area contributed by atoms with Crippen molar-refractivity contribution < 1.29 is 59.3 Å². The molecule has 4 aliphatic carbocycles. The average molecular weight is 957 g/mol. The first-order chi connectivity index (χ1) is 30.8. The van der Waals surface area contributed by atoms with Crippen molar-refractivity contribution in [3.8, 4) is 0 Å². The summed E-state index contributed by atoms with van der Waals surface area (Å²) < 4.78 is 102. The highest BCUT2D eigenvalue weighted by molar-refractivity contribution is 7.97. The molecule has 25 heteroatoms. The van der Waals surface area contributed by atoms with Crippen LogP contribution in [0.3, 0.4) is 0 Å². The molecule has 7 rings (SSSR count). The molecule has 0 aromatic heterocycles. The molecule has 3 aromatic carbocycles. The van der Waals surface area contributed by atoms with Crippen LogP contribution in [0.15, 0.2) is 147 Å². The number of hydrogen-bond donors (Lipinski definition) is 8. The predicted octanol–water partition coefficient (Wildman–Crippen LogP) is 6.47. The second-order valence-corrected chi connectivity index (χ2v) is 18.8. The lowest BCUT2D eigenvalue weighted by atomic mass is 9.92. The van der Waals surface area contributed by atoms with E-state index in [0.29, 0.717) is 33.6 Å². The normalized spacial score (nSPS) is 20.0. The van der Waals surface area contributed by atoms with Crippen LogP contribution in [0, 0.1) is 6.92 Å². The van der Waals surface area contributed by atoms with Crippen LogP contribution >= 0.6 is 0 Å². The summed E-state index contributed by atoms with van der Waals surface area (Å²) in [5.74, 6) is -1.88. The summed E-state index contributed by atoms with van der Waals surface area (Å²) in [6.07, 6.45) is 13.4. The first-order valence-electron chi connectivity index (χ1n) is 18.7. The standard InChI is InChI=1S/C41H33N9O13S3/c1-19-4-7-25(50(53)54)18-31(19)47-48-38-33(65(58,59)60)16-24-17-34(66(61,62)63)39(41(52)35(24)37(38)43)49-45-29-11-6-23(15-21(29)3)22-5-10-28(20(2)14-22)44-46-30-12-8-26-32(64(55,56)57)13-9-27(42)36(26)40(30)51/h4-18,53-54H,1-3H3,(H7-,42,43,47,51,52,55,56,57,58,59,60,61,62,63)/p+1. The number of nitrogen functional groups attached to an aromatic ring is 2. The molecule has 0 atom stereocenters. The molecule has 338 valence electrons. The zero-order valence-corrected chi connectivity index (χ0v) is 36.7. The van der Waals surface area contributed by atoms with Crippen LogP contribution in [-0.4, -0.2) is 79.9 Å². The zero-order valence-electron chi connectivity index (χ0n) is 34.2. The molecule has 0 amide bonds. The van der Waals surface area contributed by atoms with Gasteiger partial charge >= 0.3 is 10.5 Å². The summed E-state index contributed by atoms with van der Waals surface area (Å²) in [7, 11) is -14.8. The van der Waals surface area contributed by atoms with Crippen LogP contribution in [0.4, 0.5) is 28.4 Å². The minimum absolute atomic E-state index is 0.00213. The van der Waals surface area contributed by atoms with Gasteiger partial charge in [-0.2, -0.15) is 36.2 Å². The Morgan fingerprint density at radius 2 is 1.23 bits per heavy atom. The Labute approximate surface area is 375 Å². The molecular weight excluding hydrogens is 923 g/mol. The number of Topliss-reactive ketones (excluding diaryl/α,β-unsaturated/α-hetero) is 2. The lowest BCUT2D eigenvalue weighted by molar-refractivity contribution is 0.0291. The molecule has 0 saturated carbocycles. The number of rotatable bonds is 8. The first-order valence-corrected chi connectivity index (χ1v) is 23.0. The van der Waals surface area contributed by atoms with Crippen molar-refractivity contribution in [2.24, 2.45) is 30.6 Å². The van der Waals surface area contributed by atoms with Gasteiger partial charge in [0.2, 0.25) is 11.6 Å². The van der Waals surface area contributed by atoms with E-state index in [1.165, 1.54) is 42.5 Å². The average Bonchev–Trinajstić information content (AvgIpc) is 3.22. The number of carbonyl (C=O) groups excluding carboxylic acids is 2. The number of carbonyl (C=O) groups is 2. The van der Waals surface area contributed by atoms with E-state index in [1.54, 1.807) is 51.2 Å². The highest BCUT2D eigenvalue weighted by Gasteiger charge is 2.44. The van der Waals surface area contributed by atoms with Crippen LogP contribution in [-0.2, 0) is 34.9 Å². The first kappa shape index (κ1) is 46.7. The molecule has 0 fully saturated rings. The number of nitrogens with two attached hydrogens (primary N) is 2. The third-order valence-corrected chi connectivity index (χ3v) is 12.8. The number of ketones is 2. The zero-order chi connectivity index (χ0) is 48.2. The Balaban J connectivity index is 1.19. The van der Waals surface area contributed by atoms with E-state index in [9.17, 15) is 59.3 Å². The lowest BCUT2D eigenvalue weighted by Gasteiger charge is -2.18. The number of benzene rings is 3. The molecule has 0 aliphatic heterocycles. The fourth-order valence-electron chi connectivity index (χ4n) is 6.84. The Morgan fingerprint density at radius 3 is 1.79 bits per heavy atom. The Bertz CT molecular complexity index is 3420. The van der Waals surface area contributed by atoms with Crippen LogP contribution in [0.1, 0.15) is 51.3 Å². The van der Waals surface area contributed by atoms with Crippen molar-refractivity contribution in [2.45, 2.75) is 30.6 Å². The number of anilines is 3. The van der Waals surface area contributed by atoms with Crippen molar-refractivity contribution in [3.63, 3.8) is 0 Å². The summed E-state index contributed by atoms with van der Waals surface area (Å²) >= 11 is 0. The van der Waals surface area contributed by atoms with E-state index < -0.39 is 85.2 Å². The third-order valence-electron chi connectivity index (χ3n) is 10.2. The summed E-state index contributed by atoms with van der Waals surface area (Å²) in [5.41, 5.74) is 12.2. The molecule has 0 heterocycles. The SMILES string of the molecule is CC1=CC(=C2C=CC(=NN=C3C(=O)c4c(cc(S(=O)(=O)O)c(N=Nc5cc(N(O)O)ccc5C)c4N)C=C3[S+](=O)(O)O)C(C)=C2)C=CC1=NN=C1C=Cc2c(S(=O)(=O)O)ccc(N)c2C1=O. The Hall–Kier alpha value is -7.33. The number of nitrogens with zero attached hydrogens (tertiary/aromatic N) is 7. The van der Waals surface area contributed by atoms with Gasteiger partial charge in [0.1, 0.15) is 21.2 Å². The topological polar surface area (TPSA) is 370 Å². The van der Waals surface area contributed by atoms with E-state index in [2.05, 4.69) is 30.6 Å². The molecule has 4 aliphatic rings. The van der Waals surface area contributed by atoms with Crippen molar-refractivity contribution >= 4 is 106 Å². The van der Waals surface area contributed by atoms with Crippen LogP contribution < -0.4 is 16.7 Å². The van der Waals surface area contributed by atoms with Crippen LogP contribution in [0.5, 0.6) is 0 Å². The minimum Gasteiger partial charge on any atom is -0.398 e. The highest BCUT2D eigenvalue weighted by Crippen LogP contribution is 2.42. The van der Waals surface area contributed by atoms with E-state index in [0.717, 1.165) is 18.2 Å². The van der Waals surface area contributed by atoms with E-state index >= 15 is 0 Å². The van der Waals surface area contributed by atoms with Crippen molar-refractivity contribution in [2.75, 3.05) is 16.7 Å². The van der Waals surface area contributed by atoms with Crippen molar-refractivity contribution in [1.82, 2.24) is 0 Å². The molecule has 0 radical (unpaired) electrons. The van der Waals surface area contributed by atoms with E-state index in [1.807, 2.05) is 0 Å². The van der Waals surface area contributed by atoms with Gasteiger partial charge in [0.05, 0.1) is 39.6 Å². The number of azo groups is 1. The summed E-state index contributed by atoms with van der Waals surface area (Å²) in [4.78, 5) is 24.9. The molecule has 0 bridgehead atoms. The second kappa shape index (κ2) is 17.2. The number of fused-ring (bicyclic) bond motifs is 2. The van der Waals surface area contributed by atoms with Gasteiger partial charge in [0, 0.05) is 17.3 Å². The number of aryl methyl sites for hydroxylation is 1. The summed E-state index contributed by atoms with van der Waals surface area (Å²) in [6, 6.07) is 6.94. The van der Waals surface area contributed by atoms with Gasteiger partial charge in [-0.3, -0.25) is 29.1 Å². The fraction of sp³-hybridized carbons (Fsp3) is 0.0732. The molecule has 22 nitrogen and oxygen atoms in total. The van der Waals surface area contributed by atoms with Crippen molar-refractivity contribution in [1.29, 1.82) is 0 Å². The van der Waals surface area contributed by atoms with Gasteiger partial charge in [-0.1, -0.05) is 24.3 Å². The molecule has 10 N–H and O–H groups in total. The van der Waals surface area contributed by atoms with Gasteiger partial charge in [-0.25, -0.2) is 0 Å². The molecule has 0 spiro atoms. The van der Waals surface area contributed by atoms with Gasteiger partial charge in [0.15, 0.2) is 5.71 Å². The maximum Gasteiger partial charge on any atom is 0.388 e. The summed E-state index contributed by atoms with van der Waals surface area (Å²) in [5, 5.41) is 42.8. The van der Waals surface area contributed by atoms with E-state index in [-0.39, 0.29) is 44.8 Å². The maximum atomic E-state index is 14.0. The molecule has 0 unspecified atom stereocenters.